The number of rotatable bonds is 4. The van der Waals surface area contributed by atoms with Crippen LogP contribution in [0.3, 0.4) is 0 Å². The fourth-order valence-corrected chi connectivity index (χ4v) is 4.34. The van der Waals surface area contributed by atoms with Crippen molar-refractivity contribution in [2.45, 2.75) is 26.7 Å². The molecule has 1 N–H and O–H groups in total. The Balaban J connectivity index is 1.47. The number of carbonyl (C=O) groups excluding carboxylic acids is 2. The average molecular weight is 379 g/mol. The van der Waals surface area contributed by atoms with E-state index >= 15 is 0 Å². The summed E-state index contributed by atoms with van der Waals surface area (Å²) in [4.78, 5) is 31.3. The molecule has 0 bridgehead atoms. The van der Waals surface area contributed by atoms with Crippen molar-refractivity contribution in [3.63, 3.8) is 0 Å². The molecule has 3 aromatic rings. The molecule has 1 atom stereocenters. The molecule has 1 aliphatic rings. The van der Waals surface area contributed by atoms with Gasteiger partial charge in [0, 0.05) is 18.7 Å². The van der Waals surface area contributed by atoms with Gasteiger partial charge in [0.1, 0.15) is 0 Å². The second-order valence-corrected chi connectivity index (χ2v) is 7.89. The number of para-hydroxylation sites is 1. The van der Waals surface area contributed by atoms with Crippen molar-refractivity contribution < 1.29 is 9.59 Å². The van der Waals surface area contributed by atoms with Crippen LogP contribution < -0.4 is 10.2 Å². The molecule has 0 unspecified atom stereocenters. The first kappa shape index (κ1) is 17.7. The Labute approximate surface area is 162 Å². The average Bonchev–Trinajstić information content (AvgIpc) is 3.26. The lowest BCUT2D eigenvalue weighted by atomic mass is 10.1. The van der Waals surface area contributed by atoms with Crippen molar-refractivity contribution in [2.24, 2.45) is 5.92 Å². The maximum absolute atomic E-state index is 12.7. The molecule has 2 amide bonds. The first-order chi connectivity index (χ1) is 13.0. The van der Waals surface area contributed by atoms with Crippen LogP contribution in [0.2, 0.25) is 0 Å². The standard InChI is InChI=1S/C21H21N3O2S/c1-3-14-7-9-16(10-8-14)24-12-15(11-18(24)25)20(26)23-21-22-19-13(2)5-4-6-17(19)27-21/h4-10,15H,3,11-12H2,1-2H3,(H,22,23,26)/t15-/m1/s1. The quantitative estimate of drug-likeness (QED) is 0.740. The van der Waals surface area contributed by atoms with Crippen molar-refractivity contribution >= 4 is 44.2 Å². The van der Waals surface area contributed by atoms with Crippen LogP contribution in [0.15, 0.2) is 42.5 Å². The van der Waals surface area contributed by atoms with Crippen molar-refractivity contribution in [1.29, 1.82) is 0 Å². The van der Waals surface area contributed by atoms with Gasteiger partial charge in [-0.25, -0.2) is 4.98 Å². The fourth-order valence-electron chi connectivity index (χ4n) is 3.39. The normalized spacial score (nSPS) is 16.9. The molecule has 1 fully saturated rings. The summed E-state index contributed by atoms with van der Waals surface area (Å²) in [5.74, 6) is -0.524. The number of anilines is 2. The third kappa shape index (κ3) is 3.45. The van der Waals surface area contributed by atoms with Gasteiger partial charge in [-0.3, -0.25) is 9.59 Å². The number of amides is 2. The number of nitrogens with zero attached hydrogens (tertiary/aromatic N) is 2. The molecule has 4 rings (SSSR count). The van der Waals surface area contributed by atoms with Gasteiger partial charge in [-0.15, -0.1) is 0 Å². The highest BCUT2D eigenvalue weighted by molar-refractivity contribution is 7.22. The topological polar surface area (TPSA) is 62.3 Å². The zero-order chi connectivity index (χ0) is 19.0. The highest BCUT2D eigenvalue weighted by Crippen LogP contribution is 2.30. The summed E-state index contributed by atoms with van der Waals surface area (Å²) in [5, 5.41) is 3.49. The van der Waals surface area contributed by atoms with Gasteiger partial charge in [-0.05, 0) is 42.7 Å². The maximum Gasteiger partial charge on any atom is 0.231 e. The number of carbonyl (C=O) groups is 2. The predicted molar refractivity (Wildman–Crippen MR) is 109 cm³/mol. The summed E-state index contributed by atoms with van der Waals surface area (Å²) >= 11 is 1.46. The van der Waals surface area contributed by atoms with Gasteiger partial charge in [0.05, 0.1) is 16.1 Å². The molecule has 2 aromatic carbocycles. The molecule has 6 heteroatoms. The van der Waals surface area contributed by atoms with Crippen LogP contribution in [-0.4, -0.2) is 23.3 Å². The van der Waals surface area contributed by atoms with E-state index in [4.69, 9.17) is 0 Å². The summed E-state index contributed by atoms with van der Waals surface area (Å²) < 4.78 is 1.05. The Hall–Kier alpha value is -2.73. The van der Waals surface area contributed by atoms with Crippen LogP contribution in [-0.2, 0) is 16.0 Å². The summed E-state index contributed by atoms with van der Waals surface area (Å²) in [6.45, 7) is 4.50. The maximum atomic E-state index is 12.7. The number of aryl methyl sites for hydroxylation is 2. The molecule has 5 nitrogen and oxygen atoms in total. The first-order valence-corrected chi connectivity index (χ1v) is 9.93. The molecule has 1 aliphatic heterocycles. The van der Waals surface area contributed by atoms with Gasteiger partial charge in [0.15, 0.2) is 5.13 Å². The minimum absolute atomic E-state index is 0.0143. The van der Waals surface area contributed by atoms with Crippen LogP contribution in [0.25, 0.3) is 10.2 Å². The van der Waals surface area contributed by atoms with Gasteiger partial charge in [-0.1, -0.05) is 42.5 Å². The SMILES string of the molecule is CCc1ccc(N2C[C@H](C(=O)Nc3nc4c(C)cccc4s3)CC2=O)cc1. The number of hydrogen-bond donors (Lipinski definition) is 1. The van der Waals surface area contributed by atoms with Crippen molar-refractivity contribution in [1.82, 2.24) is 4.98 Å². The zero-order valence-corrected chi connectivity index (χ0v) is 16.2. The lowest BCUT2D eigenvalue weighted by molar-refractivity contribution is -0.122. The van der Waals surface area contributed by atoms with Crippen molar-refractivity contribution in [3.05, 3.63) is 53.6 Å². The number of nitrogens with one attached hydrogen (secondary N) is 1. The Morgan fingerprint density at radius 2 is 2.04 bits per heavy atom. The van der Waals surface area contributed by atoms with E-state index in [9.17, 15) is 9.59 Å². The van der Waals surface area contributed by atoms with E-state index in [1.54, 1.807) is 4.90 Å². The van der Waals surface area contributed by atoms with Gasteiger partial charge in [-0.2, -0.15) is 0 Å². The molecule has 1 saturated heterocycles. The van der Waals surface area contributed by atoms with Crippen LogP contribution in [0.1, 0.15) is 24.5 Å². The predicted octanol–water partition coefficient (Wildman–Crippen LogP) is 4.16. The second-order valence-electron chi connectivity index (χ2n) is 6.86. The molecule has 138 valence electrons. The summed E-state index contributed by atoms with van der Waals surface area (Å²) in [6, 6.07) is 13.9. The van der Waals surface area contributed by atoms with E-state index < -0.39 is 0 Å². The largest absolute Gasteiger partial charge is 0.312 e. The Morgan fingerprint density at radius 1 is 1.26 bits per heavy atom. The van der Waals surface area contributed by atoms with E-state index in [2.05, 4.69) is 17.2 Å². The minimum Gasteiger partial charge on any atom is -0.312 e. The Morgan fingerprint density at radius 3 is 2.74 bits per heavy atom. The minimum atomic E-state index is -0.364. The smallest absolute Gasteiger partial charge is 0.231 e. The zero-order valence-electron chi connectivity index (χ0n) is 15.4. The van der Waals surface area contributed by atoms with E-state index in [0.29, 0.717) is 11.7 Å². The Kier molecular flexibility index (Phi) is 4.66. The van der Waals surface area contributed by atoms with Crippen molar-refractivity contribution in [2.75, 3.05) is 16.8 Å². The Bertz CT molecular complexity index is 1010. The third-order valence-corrected chi connectivity index (χ3v) is 5.94. The van der Waals surface area contributed by atoms with E-state index in [-0.39, 0.29) is 24.2 Å². The van der Waals surface area contributed by atoms with Crippen LogP contribution in [0.4, 0.5) is 10.8 Å². The summed E-state index contributed by atoms with van der Waals surface area (Å²) in [6.07, 6.45) is 1.19. The molecule has 1 aromatic heterocycles. The summed E-state index contributed by atoms with van der Waals surface area (Å²) in [5.41, 5.74) is 4.08. The number of thiazole rings is 1. The van der Waals surface area contributed by atoms with Gasteiger partial charge < -0.3 is 10.2 Å². The molecule has 27 heavy (non-hydrogen) atoms. The van der Waals surface area contributed by atoms with E-state index in [1.807, 2.05) is 49.4 Å². The number of benzene rings is 2. The molecule has 0 radical (unpaired) electrons. The van der Waals surface area contributed by atoms with Gasteiger partial charge in [0.25, 0.3) is 0 Å². The molecule has 0 aliphatic carbocycles. The van der Waals surface area contributed by atoms with Gasteiger partial charge in [0.2, 0.25) is 11.8 Å². The monoisotopic (exact) mass is 379 g/mol. The van der Waals surface area contributed by atoms with Crippen LogP contribution in [0.5, 0.6) is 0 Å². The van der Waals surface area contributed by atoms with E-state index in [0.717, 1.165) is 27.9 Å². The number of fused-ring (bicyclic) bond motifs is 1. The lowest BCUT2D eigenvalue weighted by Crippen LogP contribution is -2.28. The second kappa shape index (κ2) is 7.12. The van der Waals surface area contributed by atoms with E-state index in [1.165, 1.54) is 16.9 Å². The third-order valence-electron chi connectivity index (χ3n) is 5.00. The van der Waals surface area contributed by atoms with Gasteiger partial charge >= 0.3 is 0 Å². The summed E-state index contributed by atoms with van der Waals surface area (Å²) in [7, 11) is 0. The highest BCUT2D eigenvalue weighted by Gasteiger charge is 2.35. The molecule has 2 heterocycles. The van der Waals surface area contributed by atoms with Crippen LogP contribution in [0, 0.1) is 12.8 Å². The number of aromatic nitrogens is 1. The molecular formula is C21H21N3O2S. The number of hydrogen-bond acceptors (Lipinski definition) is 4. The molecular weight excluding hydrogens is 358 g/mol. The lowest BCUT2D eigenvalue weighted by Gasteiger charge is -2.17. The van der Waals surface area contributed by atoms with Crippen molar-refractivity contribution in [3.8, 4) is 0 Å². The highest BCUT2D eigenvalue weighted by atomic mass is 32.1. The first-order valence-electron chi connectivity index (χ1n) is 9.11. The molecule has 0 spiro atoms. The molecule has 0 saturated carbocycles. The fraction of sp³-hybridized carbons (Fsp3) is 0.286. The van der Waals surface area contributed by atoms with Crippen LogP contribution >= 0.6 is 11.3 Å².